The van der Waals surface area contributed by atoms with Crippen molar-refractivity contribution < 1.29 is 4.79 Å². The Kier molecular flexibility index (Phi) is 6.38. The van der Waals surface area contributed by atoms with Gasteiger partial charge in [0.05, 0.1) is 5.52 Å². The molecule has 0 unspecified atom stereocenters. The smallest absolute Gasteiger partial charge is 0.319 e. The van der Waals surface area contributed by atoms with Crippen LogP contribution in [-0.2, 0) is 6.42 Å². The lowest BCUT2D eigenvalue weighted by molar-refractivity contribution is 0.243. The van der Waals surface area contributed by atoms with Gasteiger partial charge in [-0.1, -0.05) is 30.7 Å². The zero-order chi connectivity index (χ0) is 20.9. The second-order valence-electron chi connectivity index (χ2n) is 7.86. The third kappa shape index (κ3) is 5.03. The summed E-state index contributed by atoms with van der Waals surface area (Å²) in [6.07, 6.45) is 6.73. The van der Waals surface area contributed by atoms with Crippen LogP contribution in [0.3, 0.4) is 0 Å². The van der Waals surface area contributed by atoms with Gasteiger partial charge in [0.15, 0.2) is 0 Å². The van der Waals surface area contributed by atoms with Crippen LogP contribution < -0.4 is 16.0 Å². The van der Waals surface area contributed by atoms with Crippen molar-refractivity contribution in [2.45, 2.75) is 51.1 Å². The molecule has 1 aliphatic rings. The third-order valence-electron chi connectivity index (χ3n) is 5.75. The molecule has 1 aliphatic carbocycles. The number of hydrogen-bond donors (Lipinski definition) is 3. The highest BCUT2D eigenvalue weighted by Crippen LogP contribution is 2.28. The Morgan fingerprint density at radius 2 is 1.77 bits per heavy atom. The van der Waals surface area contributed by atoms with Gasteiger partial charge in [-0.3, -0.25) is 4.98 Å². The van der Waals surface area contributed by atoms with Crippen LogP contribution in [0.4, 0.5) is 16.2 Å². The topological polar surface area (TPSA) is 66.1 Å². The molecule has 0 atom stereocenters. The molecule has 1 saturated carbocycles. The number of anilines is 2. The molecule has 2 aromatic carbocycles. The quantitative estimate of drug-likeness (QED) is 0.472. The molecule has 1 heterocycles. The molecule has 6 heteroatoms. The highest BCUT2D eigenvalue weighted by molar-refractivity contribution is 6.31. The van der Waals surface area contributed by atoms with Crippen LogP contribution in [-0.4, -0.2) is 23.1 Å². The summed E-state index contributed by atoms with van der Waals surface area (Å²) in [5, 5.41) is 11.5. The molecule has 0 bridgehead atoms. The predicted octanol–water partition coefficient (Wildman–Crippen LogP) is 6.00. The number of hydrogen-bond acceptors (Lipinski definition) is 3. The molecule has 0 saturated heterocycles. The molecule has 156 valence electrons. The second kappa shape index (κ2) is 9.35. The minimum Gasteiger partial charge on any atom is -0.382 e. The van der Waals surface area contributed by atoms with Crippen LogP contribution in [0.1, 0.15) is 38.2 Å². The number of rotatable bonds is 5. The fourth-order valence-electron chi connectivity index (χ4n) is 4.03. The predicted molar refractivity (Wildman–Crippen MR) is 124 cm³/mol. The van der Waals surface area contributed by atoms with Gasteiger partial charge >= 0.3 is 6.03 Å². The minimum atomic E-state index is -0.132. The molecule has 0 spiro atoms. The number of urea groups is 1. The molecular weight excluding hydrogens is 396 g/mol. The summed E-state index contributed by atoms with van der Waals surface area (Å²) in [6, 6.07) is 16.2. The van der Waals surface area contributed by atoms with E-state index in [9.17, 15) is 4.79 Å². The van der Waals surface area contributed by atoms with Gasteiger partial charge in [0.25, 0.3) is 0 Å². The molecule has 3 aromatic rings. The maximum atomic E-state index is 12.3. The van der Waals surface area contributed by atoms with Gasteiger partial charge in [-0.15, -0.1) is 0 Å². The number of nitrogens with zero attached hydrogens (tertiary/aromatic N) is 1. The van der Waals surface area contributed by atoms with Gasteiger partial charge in [-0.05, 0) is 74.1 Å². The molecule has 1 aromatic heterocycles. The number of amides is 2. The average Bonchev–Trinajstić information content (AvgIpc) is 2.75. The number of benzene rings is 2. The first-order chi connectivity index (χ1) is 14.6. The number of nitrogens with one attached hydrogen (secondary N) is 3. The van der Waals surface area contributed by atoms with E-state index in [4.69, 9.17) is 11.6 Å². The molecule has 5 nitrogen and oxygen atoms in total. The van der Waals surface area contributed by atoms with Crippen LogP contribution in [0, 0.1) is 0 Å². The highest BCUT2D eigenvalue weighted by Gasteiger charge is 2.23. The van der Waals surface area contributed by atoms with Gasteiger partial charge < -0.3 is 16.0 Å². The summed E-state index contributed by atoms with van der Waals surface area (Å²) in [6.45, 7) is 2.12. The van der Waals surface area contributed by atoms with Crippen molar-refractivity contribution in [1.29, 1.82) is 0 Å². The number of halogens is 1. The van der Waals surface area contributed by atoms with Crippen molar-refractivity contribution in [3.05, 3.63) is 65.3 Å². The van der Waals surface area contributed by atoms with Crippen LogP contribution in [0.5, 0.6) is 0 Å². The SMILES string of the molecule is CCc1ccc(NC(=O)NC2CCC(Nc3ccnc4cc(Cl)ccc34)CC2)cc1. The molecule has 0 radical (unpaired) electrons. The van der Waals surface area contributed by atoms with E-state index in [2.05, 4.69) is 27.9 Å². The lowest BCUT2D eigenvalue weighted by atomic mass is 9.91. The van der Waals surface area contributed by atoms with E-state index in [1.165, 1.54) is 5.56 Å². The van der Waals surface area contributed by atoms with Crippen molar-refractivity contribution in [3.8, 4) is 0 Å². The number of aryl methyl sites for hydroxylation is 1. The summed E-state index contributed by atoms with van der Waals surface area (Å²) >= 11 is 6.09. The van der Waals surface area contributed by atoms with Crippen LogP contribution in [0.2, 0.25) is 5.02 Å². The fourth-order valence-corrected chi connectivity index (χ4v) is 4.19. The molecular formula is C24H27ClN4O. The standard InChI is InChI=1S/C24H27ClN4O/c1-2-16-3-6-19(7-4-16)28-24(30)29-20-10-8-18(9-11-20)27-22-13-14-26-23-15-17(25)5-12-21(22)23/h3-7,12-15,18,20H,2,8-11H2,1H3,(H,26,27)(H2,28,29,30). The maximum Gasteiger partial charge on any atom is 0.319 e. The molecule has 3 N–H and O–H groups in total. The summed E-state index contributed by atoms with van der Waals surface area (Å²) in [5.74, 6) is 0. The molecule has 4 rings (SSSR count). The number of carbonyl (C=O) groups is 1. The average molecular weight is 423 g/mol. The molecule has 2 amide bonds. The minimum absolute atomic E-state index is 0.132. The van der Waals surface area contributed by atoms with Crippen molar-refractivity contribution >= 4 is 39.9 Å². The van der Waals surface area contributed by atoms with Gasteiger partial charge in [0, 0.05) is 40.1 Å². The first kappa shape index (κ1) is 20.5. The van der Waals surface area contributed by atoms with Gasteiger partial charge in [-0.2, -0.15) is 0 Å². The molecule has 1 fully saturated rings. The largest absolute Gasteiger partial charge is 0.382 e. The Hall–Kier alpha value is -2.79. The zero-order valence-electron chi connectivity index (χ0n) is 17.1. The Balaban J connectivity index is 1.28. The second-order valence-corrected chi connectivity index (χ2v) is 8.30. The summed E-state index contributed by atoms with van der Waals surface area (Å²) in [7, 11) is 0. The lowest BCUT2D eigenvalue weighted by Gasteiger charge is -2.30. The summed E-state index contributed by atoms with van der Waals surface area (Å²) in [5.41, 5.74) is 4.06. The Labute approximate surface area is 182 Å². The monoisotopic (exact) mass is 422 g/mol. The Morgan fingerprint density at radius 3 is 2.50 bits per heavy atom. The van der Waals surface area contributed by atoms with E-state index in [1.54, 1.807) is 0 Å². The van der Waals surface area contributed by atoms with E-state index in [-0.39, 0.29) is 12.1 Å². The fraction of sp³-hybridized carbons (Fsp3) is 0.333. The van der Waals surface area contributed by atoms with Crippen LogP contribution >= 0.6 is 11.6 Å². The van der Waals surface area contributed by atoms with Crippen molar-refractivity contribution in [2.24, 2.45) is 0 Å². The molecule has 0 aliphatic heterocycles. The zero-order valence-corrected chi connectivity index (χ0v) is 17.9. The highest BCUT2D eigenvalue weighted by atomic mass is 35.5. The van der Waals surface area contributed by atoms with Gasteiger partial charge in [-0.25, -0.2) is 4.79 Å². The third-order valence-corrected chi connectivity index (χ3v) is 5.98. The Morgan fingerprint density at radius 1 is 1.03 bits per heavy atom. The maximum absolute atomic E-state index is 12.3. The van der Waals surface area contributed by atoms with Crippen molar-refractivity contribution in [1.82, 2.24) is 10.3 Å². The summed E-state index contributed by atoms with van der Waals surface area (Å²) in [4.78, 5) is 16.7. The molecule has 30 heavy (non-hydrogen) atoms. The number of carbonyl (C=O) groups excluding carboxylic acids is 1. The van der Waals surface area contributed by atoms with Gasteiger partial charge in [0.1, 0.15) is 0 Å². The van der Waals surface area contributed by atoms with E-state index >= 15 is 0 Å². The normalized spacial score (nSPS) is 18.7. The van der Waals surface area contributed by atoms with Crippen LogP contribution in [0.15, 0.2) is 54.7 Å². The number of pyridine rings is 1. The summed E-state index contributed by atoms with van der Waals surface area (Å²) < 4.78 is 0. The first-order valence-corrected chi connectivity index (χ1v) is 11.0. The van der Waals surface area contributed by atoms with E-state index in [0.717, 1.165) is 54.4 Å². The van der Waals surface area contributed by atoms with E-state index in [1.807, 2.05) is 54.7 Å². The number of aromatic nitrogens is 1. The number of fused-ring (bicyclic) bond motifs is 1. The lowest BCUT2D eigenvalue weighted by Crippen LogP contribution is -2.42. The van der Waals surface area contributed by atoms with E-state index in [0.29, 0.717) is 11.1 Å². The van der Waals surface area contributed by atoms with Gasteiger partial charge in [0.2, 0.25) is 0 Å². The van der Waals surface area contributed by atoms with Crippen LogP contribution in [0.25, 0.3) is 10.9 Å². The van der Waals surface area contributed by atoms with E-state index < -0.39 is 0 Å². The van der Waals surface area contributed by atoms with Crippen molar-refractivity contribution in [3.63, 3.8) is 0 Å². The van der Waals surface area contributed by atoms with Crippen molar-refractivity contribution in [2.75, 3.05) is 10.6 Å². The first-order valence-electron chi connectivity index (χ1n) is 10.6. The Bertz CT molecular complexity index is 1010.